The number of alkyl halides is 5. The molecule has 3 aromatic heterocycles. The second-order valence-electron chi connectivity index (χ2n) is 6.98. The molecule has 31 heavy (non-hydrogen) atoms. The smallest absolute Gasteiger partial charge is 0.356 e. The van der Waals surface area contributed by atoms with Crippen molar-refractivity contribution in [2.24, 2.45) is 0 Å². The molecule has 2 unspecified atom stereocenters. The minimum Gasteiger partial charge on any atom is -0.356 e. The van der Waals surface area contributed by atoms with Gasteiger partial charge in [0.25, 0.3) is 12.4 Å². The minimum absolute atomic E-state index is 0.148. The highest BCUT2D eigenvalue weighted by Crippen LogP contribution is 2.50. The molecule has 4 heterocycles. The highest BCUT2D eigenvalue weighted by atomic mass is 19.4. The molecule has 1 aliphatic heterocycles. The molecule has 15 heteroatoms. The molecular formula is C16H12F7N7O. The lowest BCUT2D eigenvalue weighted by atomic mass is 9.87. The van der Waals surface area contributed by atoms with Gasteiger partial charge < -0.3 is 15.3 Å². The van der Waals surface area contributed by atoms with Gasteiger partial charge in [-0.1, -0.05) is 0 Å². The van der Waals surface area contributed by atoms with Gasteiger partial charge in [-0.25, -0.2) is 18.3 Å². The highest BCUT2D eigenvalue weighted by molar-refractivity contribution is 5.64. The Morgan fingerprint density at radius 1 is 1.23 bits per heavy atom. The molecule has 0 amide bonds. The van der Waals surface area contributed by atoms with Crippen LogP contribution < -0.4 is 10.2 Å². The van der Waals surface area contributed by atoms with Crippen LogP contribution >= 0.6 is 0 Å². The third kappa shape index (κ3) is 3.19. The molecule has 166 valence electrons. The Morgan fingerprint density at radius 2 is 1.94 bits per heavy atom. The van der Waals surface area contributed by atoms with Crippen molar-refractivity contribution in [3.63, 3.8) is 0 Å². The van der Waals surface area contributed by atoms with Crippen molar-refractivity contribution in [1.29, 1.82) is 0 Å². The maximum atomic E-state index is 14.0. The summed E-state index contributed by atoms with van der Waals surface area (Å²) in [6.07, 6.45) is -7.93. The molecule has 2 atom stereocenters. The summed E-state index contributed by atoms with van der Waals surface area (Å²) in [6.45, 7) is -0.109. The molecular weight excluding hydrogens is 439 g/mol. The van der Waals surface area contributed by atoms with Crippen molar-refractivity contribution < 1.29 is 35.8 Å². The molecule has 1 aliphatic rings. The summed E-state index contributed by atoms with van der Waals surface area (Å²) in [7, 11) is 0. The zero-order valence-corrected chi connectivity index (χ0v) is 15.4. The van der Waals surface area contributed by atoms with Crippen LogP contribution in [0.2, 0.25) is 0 Å². The molecule has 0 radical (unpaired) electrons. The van der Waals surface area contributed by atoms with Crippen molar-refractivity contribution in [1.82, 2.24) is 24.8 Å². The zero-order chi connectivity index (χ0) is 22.7. The van der Waals surface area contributed by atoms with Crippen LogP contribution in [0.25, 0.3) is 5.65 Å². The maximum absolute atomic E-state index is 14.0. The van der Waals surface area contributed by atoms with Crippen LogP contribution in [0.3, 0.4) is 0 Å². The normalized spacial score (nSPS) is 19.9. The summed E-state index contributed by atoms with van der Waals surface area (Å²) in [4.78, 5) is 4.43. The van der Waals surface area contributed by atoms with Crippen LogP contribution in [0.5, 0.6) is 0 Å². The zero-order valence-electron chi connectivity index (χ0n) is 15.4. The summed E-state index contributed by atoms with van der Waals surface area (Å²) >= 11 is 0. The Balaban J connectivity index is 1.79. The first-order chi connectivity index (χ1) is 14.4. The van der Waals surface area contributed by atoms with E-state index >= 15 is 0 Å². The lowest BCUT2D eigenvalue weighted by Crippen LogP contribution is -2.48. The summed E-state index contributed by atoms with van der Waals surface area (Å²) in [6, 6.07) is 0.862. The molecule has 8 nitrogen and oxygen atoms in total. The lowest BCUT2D eigenvalue weighted by Gasteiger charge is -2.30. The third-order valence-corrected chi connectivity index (χ3v) is 4.96. The van der Waals surface area contributed by atoms with Gasteiger partial charge in [0.05, 0.1) is 29.5 Å². The SMILES string of the molecule is CC1(C(F)(F)F)CN(C(O)Nc2cnnc(C(F)F)c2)c2cnc3c(F)c(F)nn3c21. The fraction of sp³-hybridized carbons (Fsp3) is 0.375. The average molecular weight is 451 g/mol. The molecule has 0 saturated heterocycles. The molecule has 0 bridgehead atoms. The van der Waals surface area contributed by atoms with Crippen molar-refractivity contribution in [2.75, 3.05) is 16.8 Å². The Labute approximate surface area is 168 Å². The first kappa shape index (κ1) is 21.0. The fourth-order valence-electron chi connectivity index (χ4n) is 3.39. The summed E-state index contributed by atoms with van der Waals surface area (Å²) in [5, 5.41) is 22.6. The van der Waals surface area contributed by atoms with Gasteiger partial charge in [-0.05, 0) is 13.0 Å². The van der Waals surface area contributed by atoms with Crippen LogP contribution in [-0.2, 0) is 5.41 Å². The first-order valence-corrected chi connectivity index (χ1v) is 8.56. The predicted molar refractivity (Wildman–Crippen MR) is 90.3 cm³/mol. The number of anilines is 2. The molecule has 0 saturated carbocycles. The van der Waals surface area contributed by atoms with E-state index in [1.165, 1.54) is 0 Å². The van der Waals surface area contributed by atoms with E-state index in [9.17, 15) is 35.8 Å². The Hall–Kier alpha value is -3.23. The van der Waals surface area contributed by atoms with Gasteiger partial charge in [-0.2, -0.15) is 27.1 Å². The standard InChI is InChI=1S/C16H12F7N7O/c1-15(16(21,22)23)5-29(14(31)26-6-2-7(11(18)19)27-25-3-6)8-4-24-13-9(17)12(20)28-30(13)10(8)15/h2-4,11,14,31H,5H2,1H3,(H,26,27). The fourth-order valence-corrected chi connectivity index (χ4v) is 3.39. The van der Waals surface area contributed by atoms with E-state index in [1.807, 2.05) is 0 Å². The summed E-state index contributed by atoms with van der Waals surface area (Å²) in [5.41, 5.74) is -5.28. The van der Waals surface area contributed by atoms with Crippen LogP contribution in [0, 0.1) is 11.8 Å². The first-order valence-electron chi connectivity index (χ1n) is 8.56. The van der Waals surface area contributed by atoms with E-state index in [-0.39, 0.29) is 11.4 Å². The third-order valence-electron chi connectivity index (χ3n) is 4.96. The number of hydrogen-bond acceptors (Lipinski definition) is 7. The van der Waals surface area contributed by atoms with Crippen molar-refractivity contribution in [3.05, 3.63) is 41.6 Å². The van der Waals surface area contributed by atoms with Gasteiger partial charge in [0, 0.05) is 6.54 Å². The monoisotopic (exact) mass is 451 g/mol. The van der Waals surface area contributed by atoms with Crippen molar-refractivity contribution in [3.8, 4) is 0 Å². The van der Waals surface area contributed by atoms with Crippen molar-refractivity contribution >= 4 is 17.0 Å². The molecule has 3 aromatic rings. The Morgan fingerprint density at radius 3 is 2.58 bits per heavy atom. The number of fused-ring (bicyclic) bond motifs is 3. The quantitative estimate of drug-likeness (QED) is 0.466. The average Bonchev–Trinajstić information content (AvgIpc) is 3.17. The van der Waals surface area contributed by atoms with Gasteiger partial charge in [-0.3, -0.25) is 0 Å². The molecule has 4 rings (SSSR count). The number of aromatic nitrogens is 5. The van der Waals surface area contributed by atoms with Crippen molar-refractivity contribution in [2.45, 2.75) is 31.3 Å². The lowest BCUT2D eigenvalue weighted by molar-refractivity contribution is -0.182. The Kier molecular flexibility index (Phi) is 4.68. The minimum atomic E-state index is -4.91. The molecule has 0 aliphatic carbocycles. The van der Waals surface area contributed by atoms with Crippen LogP contribution in [0.15, 0.2) is 18.5 Å². The van der Waals surface area contributed by atoms with E-state index in [1.54, 1.807) is 0 Å². The van der Waals surface area contributed by atoms with Crippen LogP contribution in [-0.4, -0.2) is 49.0 Å². The van der Waals surface area contributed by atoms with E-state index in [0.29, 0.717) is 4.52 Å². The van der Waals surface area contributed by atoms with Crippen LogP contribution in [0.4, 0.5) is 42.1 Å². The van der Waals surface area contributed by atoms with Gasteiger partial charge in [-0.15, -0.1) is 10.2 Å². The topological polar surface area (TPSA) is 91.5 Å². The molecule has 2 N–H and O–H groups in total. The second-order valence-corrected chi connectivity index (χ2v) is 6.98. The molecule has 0 spiro atoms. The van der Waals surface area contributed by atoms with Gasteiger partial charge in [0.1, 0.15) is 11.1 Å². The molecule has 0 fully saturated rings. The Bertz CT molecular complexity index is 1150. The van der Waals surface area contributed by atoms with E-state index in [0.717, 1.165) is 30.3 Å². The number of nitrogens with one attached hydrogen (secondary N) is 1. The van der Waals surface area contributed by atoms with Crippen LogP contribution in [0.1, 0.15) is 24.7 Å². The van der Waals surface area contributed by atoms with Gasteiger partial charge >= 0.3 is 6.18 Å². The number of aliphatic hydroxyl groups is 1. The highest BCUT2D eigenvalue weighted by Gasteiger charge is 2.60. The number of rotatable bonds is 4. The number of nitrogens with zero attached hydrogens (tertiary/aromatic N) is 6. The second kappa shape index (κ2) is 6.90. The number of aliphatic hydroxyl groups excluding tert-OH is 1. The number of halogens is 7. The largest absolute Gasteiger partial charge is 0.401 e. The summed E-state index contributed by atoms with van der Waals surface area (Å²) < 4.78 is 95.4. The maximum Gasteiger partial charge on any atom is 0.401 e. The summed E-state index contributed by atoms with van der Waals surface area (Å²) in [5.74, 6) is -3.16. The van der Waals surface area contributed by atoms with Gasteiger partial charge in [0.2, 0.25) is 12.2 Å². The molecule has 0 aromatic carbocycles. The van der Waals surface area contributed by atoms with E-state index in [4.69, 9.17) is 0 Å². The van der Waals surface area contributed by atoms with E-state index < -0.39 is 59.7 Å². The van der Waals surface area contributed by atoms with E-state index in [2.05, 4.69) is 25.6 Å². The van der Waals surface area contributed by atoms with Gasteiger partial charge in [0.15, 0.2) is 5.65 Å². The predicted octanol–water partition coefficient (Wildman–Crippen LogP) is 2.76. The number of hydrogen-bond donors (Lipinski definition) is 2.